The zero-order valence-electron chi connectivity index (χ0n) is 11.1. The molecular weight excluding hydrogens is 282 g/mol. The highest BCUT2D eigenvalue weighted by Gasteiger charge is 2.16. The van der Waals surface area contributed by atoms with E-state index in [4.69, 9.17) is 0 Å². The molecule has 3 nitrogen and oxygen atoms in total. The molecule has 0 aliphatic carbocycles. The quantitative estimate of drug-likeness (QED) is 0.723. The van der Waals surface area contributed by atoms with Gasteiger partial charge in [0.05, 0.1) is 5.56 Å². The molecule has 0 spiro atoms. The number of benzene rings is 2. The highest BCUT2D eigenvalue weighted by Crippen LogP contribution is 2.36. The molecule has 2 N–H and O–H groups in total. The molecular formula is C17H13NO2S. The van der Waals surface area contributed by atoms with Crippen molar-refractivity contribution in [3.63, 3.8) is 0 Å². The topological polar surface area (TPSA) is 49.3 Å². The Kier molecular flexibility index (Phi) is 3.71. The van der Waals surface area contributed by atoms with Crippen LogP contribution in [0.4, 0.5) is 10.7 Å². The van der Waals surface area contributed by atoms with Gasteiger partial charge in [-0.3, -0.25) is 0 Å². The van der Waals surface area contributed by atoms with E-state index in [0.29, 0.717) is 10.6 Å². The fourth-order valence-corrected chi connectivity index (χ4v) is 3.12. The summed E-state index contributed by atoms with van der Waals surface area (Å²) in [6.07, 6.45) is 0. The third-order valence-electron chi connectivity index (χ3n) is 3.05. The second-order valence-corrected chi connectivity index (χ2v) is 5.57. The van der Waals surface area contributed by atoms with Gasteiger partial charge in [0.15, 0.2) is 0 Å². The first-order chi connectivity index (χ1) is 10.2. The molecule has 104 valence electrons. The van der Waals surface area contributed by atoms with Crippen molar-refractivity contribution in [1.82, 2.24) is 0 Å². The first-order valence-electron chi connectivity index (χ1n) is 6.48. The van der Waals surface area contributed by atoms with E-state index in [1.54, 1.807) is 6.07 Å². The van der Waals surface area contributed by atoms with Crippen molar-refractivity contribution in [2.75, 3.05) is 5.32 Å². The maximum Gasteiger partial charge on any atom is 0.338 e. The monoisotopic (exact) mass is 295 g/mol. The summed E-state index contributed by atoms with van der Waals surface area (Å²) in [5.41, 5.74) is 2.19. The Labute approximate surface area is 126 Å². The van der Waals surface area contributed by atoms with Crippen LogP contribution in [0.25, 0.3) is 10.4 Å². The van der Waals surface area contributed by atoms with Gasteiger partial charge in [-0.2, -0.15) is 0 Å². The molecule has 0 radical (unpaired) electrons. The lowest BCUT2D eigenvalue weighted by atomic mass is 10.1. The van der Waals surface area contributed by atoms with Gasteiger partial charge in [0.25, 0.3) is 0 Å². The molecule has 3 rings (SSSR count). The van der Waals surface area contributed by atoms with Crippen LogP contribution < -0.4 is 5.32 Å². The van der Waals surface area contributed by atoms with Gasteiger partial charge in [0.1, 0.15) is 5.00 Å². The molecule has 0 aliphatic rings. The van der Waals surface area contributed by atoms with Crippen molar-refractivity contribution in [3.05, 3.63) is 72.3 Å². The Morgan fingerprint density at radius 1 is 0.952 bits per heavy atom. The van der Waals surface area contributed by atoms with E-state index in [0.717, 1.165) is 16.1 Å². The summed E-state index contributed by atoms with van der Waals surface area (Å²) in [6.45, 7) is 0. The van der Waals surface area contributed by atoms with Gasteiger partial charge < -0.3 is 10.4 Å². The van der Waals surface area contributed by atoms with Crippen molar-refractivity contribution in [1.29, 1.82) is 0 Å². The largest absolute Gasteiger partial charge is 0.478 e. The second kappa shape index (κ2) is 5.81. The fraction of sp³-hybridized carbons (Fsp3) is 0. The van der Waals surface area contributed by atoms with Crippen molar-refractivity contribution in [3.8, 4) is 10.4 Å². The number of hydrogen-bond donors (Lipinski definition) is 2. The minimum Gasteiger partial charge on any atom is -0.478 e. The third-order valence-corrected chi connectivity index (χ3v) is 4.15. The number of aromatic carboxylic acids is 1. The van der Waals surface area contributed by atoms with E-state index >= 15 is 0 Å². The smallest absolute Gasteiger partial charge is 0.338 e. The lowest BCUT2D eigenvalue weighted by Crippen LogP contribution is -1.98. The fourth-order valence-electron chi connectivity index (χ4n) is 2.04. The van der Waals surface area contributed by atoms with Crippen LogP contribution in [0.1, 0.15) is 10.4 Å². The number of anilines is 2. The molecule has 1 heterocycles. The molecule has 0 aliphatic heterocycles. The molecule has 21 heavy (non-hydrogen) atoms. The van der Waals surface area contributed by atoms with Gasteiger partial charge in [0.2, 0.25) is 0 Å². The first-order valence-corrected chi connectivity index (χ1v) is 7.30. The summed E-state index contributed by atoms with van der Waals surface area (Å²) in [7, 11) is 0. The van der Waals surface area contributed by atoms with Crippen LogP contribution in [0.15, 0.2) is 66.7 Å². The van der Waals surface area contributed by atoms with Crippen LogP contribution in [-0.2, 0) is 0 Å². The number of carboxylic acids is 1. The van der Waals surface area contributed by atoms with E-state index in [1.807, 2.05) is 60.7 Å². The molecule has 3 aromatic rings. The average molecular weight is 295 g/mol. The molecule has 1 aromatic heterocycles. The highest BCUT2D eigenvalue weighted by atomic mass is 32.1. The molecule has 0 bridgehead atoms. The van der Waals surface area contributed by atoms with Crippen LogP contribution in [-0.4, -0.2) is 11.1 Å². The van der Waals surface area contributed by atoms with Crippen LogP contribution in [0.5, 0.6) is 0 Å². The van der Waals surface area contributed by atoms with Gasteiger partial charge >= 0.3 is 5.97 Å². The molecule has 0 saturated heterocycles. The van der Waals surface area contributed by atoms with Crippen molar-refractivity contribution < 1.29 is 9.90 Å². The summed E-state index contributed by atoms with van der Waals surface area (Å²) in [5.74, 6) is -0.924. The van der Waals surface area contributed by atoms with Gasteiger partial charge in [-0.15, -0.1) is 11.3 Å². The number of rotatable bonds is 4. The van der Waals surface area contributed by atoms with Gasteiger partial charge in [-0.1, -0.05) is 48.5 Å². The summed E-state index contributed by atoms with van der Waals surface area (Å²) in [4.78, 5) is 12.4. The van der Waals surface area contributed by atoms with Gasteiger partial charge in [-0.05, 0) is 23.8 Å². The van der Waals surface area contributed by atoms with E-state index < -0.39 is 5.97 Å². The highest BCUT2D eigenvalue weighted by molar-refractivity contribution is 7.19. The zero-order chi connectivity index (χ0) is 14.7. The lowest BCUT2D eigenvalue weighted by molar-refractivity contribution is 0.0698. The Hall–Kier alpha value is -2.59. The van der Waals surface area contributed by atoms with Crippen LogP contribution >= 0.6 is 11.3 Å². The maximum absolute atomic E-state index is 11.4. The van der Waals surface area contributed by atoms with Crippen LogP contribution in [0.2, 0.25) is 0 Å². The third kappa shape index (κ3) is 2.95. The Bertz CT molecular complexity index is 751. The normalized spacial score (nSPS) is 10.3. The molecule has 0 unspecified atom stereocenters. The number of para-hydroxylation sites is 1. The minimum atomic E-state index is -0.924. The van der Waals surface area contributed by atoms with E-state index in [2.05, 4.69) is 5.32 Å². The first kappa shape index (κ1) is 13.4. The second-order valence-electron chi connectivity index (χ2n) is 4.52. The summed E-state index contributed by atoms with van der Waals surface area (Å²) in [6, 6.07) is 21.1. The van der Waals surface area contributed by atoms with E-state index in [-0.39, 0.29) is 0 Å². The van der Waals surface area contributed by atoms with Crippen molar-refractivity contribution in [2.45, 2.75) is 0 Å². The molecule has 2 aromatic carbocycles. The van der Waals surface area contributed by atoms with Gasteiger partial charge in [-0.25, -0.2) is 4.79 Å². The number of thiophene rings is 1. The number of hydrogen-bond acceptors (Lipinski definition) is 3. The standard InChI is InChI=1S/C17H13NO2S/c19-17(20)14-11-15(12-7-3-1-4-8-12)21-16(14)18-13-9-5-2-6-10-13/h1-11,18H,(H,19,20). The molecule has 0 atom stereocenters. The average Bonchev–Trinajstić information content (AvgIpc) is 2.93. The Morgan fingerprint density at radius 2 is 1.57 bits per heavy atom. The van der Waals surface area contributed by atoms with E-state index in [1.165, 1.54) is 11.3 Å². The van der Waals surface area contributed by atoms with Crippen molar-refractivity contribution in [2.24, 2.45) is 0 Å². The van der Waals surface area contributed by atoms with E-state index in [9.17, 15) is 9.90 Å². The lowest BCUT2D eigenvalue weighted by Gasteiger charge is -2.04. The Balaban J connectivity index is 2.00. The summed E-state index contributed by atoms with van der Waals surface area (Å²) in [5, 5.41) is 13.2. The van der Waals surface area contributed by atoms with Crippen LogP contribution in [0.3, 0.4) is 0 Å². The zero-order valence-corrected chi connectivity index (χ0v) is 11.9. The summed E-state index contributed by atoms with van der Waals surface area (Å²) < 4.78 is 0. The number of carbonyl (C=O) groups is 1. The van der Waals surface area contributed by atoms with Crippen LogP contribution in [0, 0.1) is 0 Å². The summed E-state index contributed by atoms with van der Waals surface area (Å²) >= 11 is 1.44. The predicted octanol–water partition coefficient (Wildman–Crippen LogP) is 4.86. The van der Waals surface area contributed by atoms with Crippen molar-refractivity contribution >= 4 is 28.0 Å². The molecule has 0 saturated carbocycles. The Morgan fingerprint density at radius 3 is 2.19 bits per heavy atom. The SMILES string of the molecule is O=C(O)c1cc(-c2ccccc2)sc1Nc1ccccc1. The van der Waals surface area contributed by atoms with Gasteiger partial charge in [0, 0.05) is 10.6 Å². The predicted molar refractivity (Wildman–Crippen MR) is 86.4 cm³/mol. The molecule has 0 fully saturated rings. The number of nitrogens with one attached hydrogen (secondary N) is 1. The molecule has 0 amide bonds. The number of carboxylic acid groups (broad SMARTS) is 1. The molecule has 4 heteroatoms. The maximum atomic E-state index is 11.4. The minimum absolute atomic E-state index is 0.294.